The Kier molecular flexibility index (Phi) is 6.09. The highest BCUT2D eigenvalue weighted by Crippen LogP contribution is 2.15. The fraction of sp³-hybridized carbons (Fsp3) is 0.421. The van der Waals surface area contributed by atoms with E-state index >= 15 is 0 Å². The van der Waals surface area contributed by atoms with Crippen LogP contribution in [0.4, 0.5) is 0 Å². The Hall–Kier alpha value is -2.31. The molecule has 0 aliphatic carbocycles. The zero-order valence-corrected chi connectivity index (χ0v) is 14.4. The molecule has 3 rings (SSSR count). The fourth-order valence-electron chi connectivity index (χ4n) is 2.95. The Morgan fingerprint density at radius 2 is 2.16 bits per heavy atom. The molecule has 0 bridgehead atoms. The van der Waals surface area contributed by atoms with Crippen molar-refractivity contribution in [3.8, 4) is 0 Å². The molecule has 6 nitrogen and oxygen atoms in total. The molecule has 0 radical (unpaired) electrons. The van der Waals surface area contributed by atoms with Crippen LogP contribution in [0.2, 0.25) is 0 Å². The molecule has 1 aromatic carbocycles. The van der Waals surface area contributed by atoms with Crippen molar-refractivity contribution in [2.75, 3.05) is 26.8 Å². The minimum Gasteiger partial charge on any atom is -0.380 e. The maximum atomic E-state index is 12.7. The Balaban J connectivity index is 1.55. The zero-order valence-electron chi connectivity index (χ0n) is 14.4. The summed E-state index contributed by atoms with van der Waals surface area (Å²) >= 11 is 0. The van der Waals surface area contributed by atoms with Gasteiger partial charge in [-0.1, -0.05) is 12.1 Å². The van der Waals surface area contributed by atoms with Gasteiger partial charge in [0, 0.05) is 37.7 Å². The minimum absolute atomic E-state index is 0.0421. The average Bonchev–Trinajstić information content (AvgIpc) is 2.68. The third-order valence-corrected chi connectivity index (χ3v) is 4.30. The fourth-order valence-corrected chi connectivity index (χ4v) is 2.95. The number of carbonyl (C=O) groups excluding carboxylic acids is 1. The maximum Gasteiger partial charge on any atom is 0.254 e. The number of hydrogen-bond acceptors (Lipinski definition) is 5. The Bertz CT molecular complexity index is 676. The summed E-state index contributed by atoms with van der Waals surface area (Å²) < 4.78 is 10.9. The lowest BCUT2D eigenvalue weighted by Crippen LogP contribution is -2.45. The normalized spacial score (nSPS) is 17.5. The van der Waals surface area contributed by atoms with E-state index in [1.807, 2.05) is 35.2 Å². The van der Waals surface area contributed by atoms with Gasteiger partial charge in [0.25, 0.3) is 5.91 Å². The molecule has 0 N–H and O–H groups in total. The van der Waals surface area contributed by atoms with E-state index in [2.05, 4.69) is 9.97 Å². The number of amides is 1. The third kappa shape index (κ3) is 4.84. The van der Waals surface area contributed by atoms with Crippen molar-refractivity contribution in [2.45, 2.75) is 25.6 Å². The number of morpholine rings is 1. The van der Waals surface area contributed by atoms with Crippen molar-refractivity contribution in [2.24, 2.45) is 0 Å². The van der Waals surface area contributed by atoms with Gasteiger partial charge in [0.2, 0.25) is 0 Å². The van der Waals surface area contributed by atoms with Crippen LogP contribution in [0.1, 0.15) is 28.0 Å². The van der Waals surface area contributed by atoms with Crippen LogP contribution < -0.4 is 0 Å². The van der Waals surface area contributed by atoms with E-state index in [4.69, 9.17) is 9.47 Å². The number of nitrogens with zero attached hydrogens (tertiary/aromatic N) is 3. The number of hydrogen-bond donors (Lipinski definition) is 0. The summed E-state index contributed by atoms with van der Waals surface area (Å²) in [6, 6.07) is 9.50. The highest BCUT2D eigenvalue weighted by molar-refractivity contribution is 5.94. The molecule has 1 aromatic heterocycles. The summed E-state index contributed by atoms with van der Waals surface area (Å²) in [4.78, 5) is 22.7. The van der Waals surface area contributed by atoms with Crippen LogP contribution in [0.15, 0.2) is 42.9 Å². The lowest BCUT2D eigenvalue weighted by atomic mass is 10.1. The summed E-state index contributed by atoms with van der Waals surface area (Å²) in [6.07, 6.45) is 5.00. The number of aryl methyl sites for hydroxylation is 1. The molecule has 2 aromatic rings. The molecular formula is C19H23N3O3. The number of aromatic nitrogens is 2. The third-order valence-electron chi connectivity index (χ3n) is 4.30. The first kappa shape index (κ1) is 17.5. The number of benzene rings is 1. The molecule has 1 atom stereocenters. The molecule has 1 saturated heterocycles. The minimum atomic E-state index is 0.0421. The molecule has 1 amide bonds. The second kappa shape index (κ2) is 8.69. The summed E-state index contributed by atoms with van der Waals surface area (Å²) in [6.45, 7) is 2.37. The van der Waals surface area contributed by atoms with Crippen molar-refractivity contribution in [3.05, 3.63) is 59.7 Å². The van der Waals surface area contributed by atoms with E-state index in [9.17, 15) is 4.79 Å². The van der Waals surface area contributed by atoms with Gasteiger partial charge >= 0.3 is 0 Å². The van der Waals surface area contributed by atoms with Crippen LogP contribution in [0.5, 0.6) is 0 Å². The van der Waals surface area contributed by atoms with Gasteiger partial charge in [0.1, 0.15) is 6.33 Å². The van der Waals surface area contributed by atoms with Crippen LogP contribution in [-0.4, -0.2) is 53.7 Å². The molecule has 0 unspecified atom stereocenters. The van der Waals surface area contributed by atoms with Crippen molar-refractivity contribution in [1.82, 2.24) is 14.9 Å². The summed E-state index contributed by atoms with van der Waals surface area (Å²) in [5.74, 6) is 0.0549. The van der Waals surface area contributed by atoms with Gasteiger partial charge in [0.15, 0.2) is 0 Å². The largest absolute Gasteiger partial charge is 0.380 e. The van der Waals surface area contributed by atoms with Gasteiger partial charge in [-0.05, 0) is 36.6 Å². The molecule has 0 saturated carbocycles. The van der Waals surface area contributed by atoms with Crippen molar-refractivity contribution >= 4 is 5.91 Å². The molecule has 1 aliphatic rings. The first-order chi connectivity index (χ1) is 12.3. The Morgan fingerprint density at radius 1 is 1.32 bits per heavy atom. The van der Waals surface area contributed by atoms with Crippen LogP contribution in [0, 0.1) is 0 Å². The van der Waals surface area contributed by atoms with E-state index in [0.29, 0.717) is 31.9 Å². The average molecular weight is 341 g/mol. The van der Waals surface area contributed by atoms with Gasteiger partial charge in [-0.3, -0.25) is 4.79 Å². The zero-order chi connectivity index (χ0) is 17.5. The monoisotopic (exact) mass is 341 g/mol. The summed E-state index contributed by atoms with van der Waals surface area (Å²) in [5.41, 5.74) is 2.76. The topological polar surface area (TPSA) is 64.5 Å². The Labute approximate surface area is 147 Å². The standard InChI is InChI=1S/C19H23N3O3/c1-24-13-15-2-4-16(5-3-15)19(23)22-10-11-25-18(12-22)7-6-17-8-9-20-14-21-17/h2-5,8-9,14,18H,6-7,10-13H2,1H3/t18-/m1/s1. The molecule has 0 spiro atoms. The first-order valence-corrected chi connectivity index (χ1v) is 8.50. The molecule has 132 valence electrons. The van der Waals surface area contributed by atoms with Crippen LogP contribution in [0.25, 0.3) is 0 Å². The quantitative estimate of drug-likeness (QED) is 0.805. The smallest absolute Gasteiger partial charge is 0.254 e. The first-order valence-electron chi connectivity index (χ1n) is 8.50. The Morgan fingerprint density at radius 3 is 2.88 bits per heavy atom. The van der Waals surface area contributed by atoms with Gasteiger partial charge in [-0.15, -0.1) is 0 Å². The van der Waals surface area contributed by atoms with Crippen LogP contribution >= 0.6 is 0 Å². The van der Waals surface area contributed by atoms with Crippen LogP contribution in [-0.2, 0) is 22.5 Å². The highest BCUT2D eigenvalue weighted by Gasteiger charge is 2.25. The van der Waals surface area contributed by atoms with Gasteiger partial charge in [0.05, 0.1) is 19.3 Å². The lowest BCUT2D eigenvalue weighted by Gasteiger charge is -2.33. The van der Waals surface area contributed by atoms with Crippen molar-refractivity contribution < 1.29 is 14.3 Å². The van der Waals surface area contributed by atoms with Crippen molar-refractivity contribution in [3.63, 3.8) is 0 Å². The van der Waals surface area contributed by atoms with E-state index < -0.39 is 0 Å². The molecule has 1 aliphatic heterocycles. The SMILES string of the molecule is COCc1ccc(C(=O)N2CCO[C@H](CCc3ccncn3)C2)cc1. The number of carbonyl (C=O) groups is 1. The van der Waals surface area contributed by atoms with E-state index in [1.165, 1.54) is 0 Å². The lowest BCUT2D eigenvalue weighted by molar-refractivity contribution is -0.0246. The molecule has 6 heteroatoms. The van der Waals surface area contributed by atoms with E-state index in [1.54, 1.807) is 19.6 Å². The summed E-state index contributed by atoms with van der Waals surface area (Å²) in [5, 5.41) is 0. The van der Waals surface area contributed by atoms with Crippen molar-refractivity contribution in [1.29, 1.82) is 0 Å². The van der Waals surface area contributed by atoms with Gasteiger partial charge in [-0.25, -0.2) is 9.97 Å². The predicted molar refractivity (Wildman–Crippen MR) is 93.2 cm³/mol. The van der Waals surface area contributed by atoms with Gasteiger partial charge in [-0.2, -0.15) is 0 Å². The predicted octanol–water partition coefficient (Wildman–Crippen LogP) is 2.10. The van der Waals surface area contributed by atoms with Crippen LogP contribution in [0.3, 0.4) is 0 Å². The number of methoxy groups -OCH3 is 1. The highest BCUT2D eigenvalue weighted by atomic mass is 16.5. The number of ether oxygens (including phenoxy) is 2. The van der Waals surface area contributed by atoms with E-state index in [0.717, 1.165) is 24.1 Å². The molecule has 1 fully saturated rings. The molecule has 2 heterocycles. The molecular weight excluding hydrogens is 318 g/mol. The summed E-state index contributed by atoms with van der Waals surface area (Å²) in [7, 11) is 1.66. The second-order valence-electron chi connectivity index (χ2n) is 6.11. The second-order valence-corrected chi connectivity index (χ2v) is 6.11. The number of rotatable bonds is 6. The van der Waals surface area contributed by atoms with Gasteiger partial charge < -0.3 is 14.4 Å². The maximum absolute atomic E-state index is 12.7. The molecule has 25 heavy (non-hydrogen) atoms. The van der Waals surface area contributed by atoms with E-state index in [-0.39, 0.29) is 12.0 Å².